The molecule has 0 amide bonds. The summed E-state index contributed by atoms with van der Waals surface area (Å²) in [5.74, 6) is 0. The minimum atomic E-state index is 0.982. The highest BCUT2D eigenvalue weighted by atomic mass is 32.1. The zero-order valence-corrected chi connectivity index (χ0v) is 27.8. The molecule has 50 heavy (non-hydrogen) atoms. The number of hydrogen-bond acceptors (Lipinski definition) is 3. The van der Waals surface area contributed by atoms with Gasteiger partial charge in [0, 0.05) is 32.1 Å². The van der Waals surface area contributed by atoms with Crippen LogP contribution >= 0.6 is 11.3 Å². The van der Waals surface area contributed by atoms with Gasteiger partial charge in [-0.05, 0) is 75.8 Å². The minimum absolute atomic E-state index is 0.982. The van der Waals surface area contributed by atoms with E-state index in [1.807, 2.05) is 0 Å². The van der Waals surface area contributed by atoms with Crippen molar-refractivity contribution in [1.29, 1.82) is 0 Å². The van der Waals surface area contributed by atoms with E-state index in [0.717, 1.165) is 27.2 Å². The number of fused-ring (bicyclic) bond motifs is 6. The molecule has 3 heterocycles. The fourth-order valence-corrected chi connectivity index (χ4v) is 8.44. The maximum atomic E-state index is 4.71. The molecule has 10 rings (SSSR count). The van der Waals surface area contributed by atoms with Crippen molar-refractivity contribution in [2.45, 2.75) is 0 Å². The van der Waals surface area contributed by atoms with Crippen LogP contribution in [0.5, 0.6) is 0 Å². The maximum absolute atomic E-state index is 4.71. The van der Waals surface area contributed by atoms with Crippen molar-refractivity contribution in [3.63, 3.8) is 0 Å². The summed E-state index contributed by atoms with van der Waals surface area (Å²) >= 11 is 1.76. The van der Waals surface area contributed by atoms with Gasteiger partial charge in [-0.1, -0.05) is 127 Å². The Morgan fingerprint density at radius 1 is 0.400 bits per heavy atom. The minimum Gasteiger partial charge on any atom is -0.309 e. The summed E-state index contributed by atoms with van der Waals surface area (Å²) in [7, 11) is 0. The van der Waals surface area contributed by atoms with Crippen molar-refractivity contribution in [3.8, 4) is 50.3 Å². The molecule has 3 aromatic heterocycles. The highest BCUT2D eigenvalue weighted by molar-refractivity contribution is 7.26. The Balaban J connectivity index is 1.04. The zero-order valence-electron chi connectivity index (χ0n) is 27.0. The lowest BCUT2D eigenvalue weighted by molar-refractivity contribution is 1.18. The van der Waals surface area contributed by atoms with E-state index < -0.39 is 0 Å². The molecule has 0 radical (unpaired) electrons. The van der Waals surface area contributed by atoms with Crippen LogP contribution in [0.25, 0.3) is 92.4 Å². The number of rotatable bonds is 5. The molecule has 0 fully saturated rings. The Bertz CT molecular complexity index is 2740. The van der Waals surface area contributed by atoms with E-state index in [4.69, 9.17) is 4.98 Å². The molecule has 0 saturated heterocycles. The molecule has 4 heteroatoms. The molecule has 0 saturated carbocycles. The largest absolute Gasteiger partial charge is 0.309 e. The van der Waals surface area contributed by atoms with Gasteiger partial charge in [-0.3, -0.25) is 0 Å². The molecule has 0 aliphatic carbocycles. The molecule has 0 aliphatic heterocycles. The normalized spacial score (nSPS) is 11.6. The van der Waals surface area contributed by atoms with E-state index in [1.165, 1.54) is 65.3 Å². The molecule has 0 atom stereocenters. The Morgan fingerprint density at radius 2 is 0.900 bits per heavy atom. The average molecular weight is 656 g/mol. The van der Waals surface area contributed by atoms with Crippen LogP contribution in [0.2, 0.25) is 0 Å². The topological polar surface area (TPSA) is 30.7 Å². The second kappa shape index (κ2) is 11.7. The summed E-state index contributed by atoms with van der Waals surface area (Å²) in [6.45, 7) is 0. The summed E-state index contributed by atoms with van der Waals surface area (Å²) in [6.07, 6.45) is 1.68. The summed E-state index contributed by atoms with van der Waals surface area (Å²) < 4.78 is 4.76. The number of nitrogens with zero attached hydrogens (tertiary/aromatic N) is 3. The smallest absolute Gasteiger partial charge is 0.116 e. The van der Waals surface area contributed by atoms with Gasteiger partial charge in [-0.2, -0.15) is 0 Å². The van der Waals surface area contributed by atoms with E-state index in [9.17, 15) is 0 Å². The molecule has 0 N–H and O–H groups in total. The first-order valence-corrected chi connectivity index (χ1v) is 17.6. The highest BCUT2D eigenvalue weighted by Crippen LogP contribution is 2.39. The van der Waals surface area contributed by atoms with Gasteiger partial charge < -0.3 is 4.57 Å². The number of thiophene rings is 1. The fraction of sp³-hybridized carbons (Fsp3) is 0. The number of aromatic nitrogens is 3. The van der Waals surface area contributed by atoms with Crippen LogP contribution in [-0.2, 0) is 0 Å². The molecule has 10 aromatic rings. The van der Waals surface area contributed by atoms with Crippen LogP contribution in [0, 0.1) is 0 Å². The first kappa shape index (κ1) is 28.6. The van der Waals surface area contributed by atoms with E-state index in [0.29, 0.717) is 0 Å². The molecular formula is C46H29N3S. The Kier molecular flexibility index (Phi) is 6.68. The van der Waals surface area contributed by atoms with Gasteiger partial charge in [-0.25, -0.2) is 9.97 Å². The van der Waals surface area contributed by atoms with Crippen LogP contribution in [0.15, 0.2) is 176 Å². The van der Waals surface area contributed by atoms with Crippen molar-refractivity contribution >= 4 is 53.4 Å². The lowest BCUT2D eigenvalue weighted by atomic mass is 10.0. The molecular weight excluding hydrogens is 627 g/mol. The number of benzene rings is 7. The van der Waals surface area contributed by atoms with Gasteiger partial charge in [-0.15, -0.1) is 11.3 Å². The molecule has 234 valence electrons. The summed E-state index contributed by atoms with van der Waals surface area (Å²) in [5.41, 5.74) is 13.8. The molecule has 0 bridgehead atoms. The Morgan fingerprint density at radius 3 is 1.52 bits per heavy atom. The second-order valence-electron chi connectivity index (χ2n) is 12.7. The van der Waals surface area contributed by atoms with Gasteiger partial charge in [0.1, 0.15) is 6.33 Å². The van der Waals surface area contributed by atoms with Gasteiger partial charge in [0.25, 0.3) is 0 Å². The standard InChI is InChI=1S/C46H29N3S/c1-3-9-30(10-4-1)35-21-25-41-39(27-35)40-28-36(31-11-5-2-6-12-31)22-26-42(40)49(41)37-23-19-33(20-24-37)32-15-17-34(18-16-32)44-46-45(48-29-47-44)38-13-7-8-14-43(38)50-46/h1-29H. The predicted octanol–water partition coefficient (Wildman–Crippen LogP) is 12.6. The maximum Gasteiger partial charge on any atom is 0.116 e. The highest BCUT2D eigenvalue weighted by Gasteiger charge is 2.16. The third-order valence-electron chi connectivity index (χ3n) is 9.75. The lowest BCUT2D eigenvalue weighted by Gasteiger charge is -2.11. The van der Waals surface area contributed by atoms with Crippen molar-refractivity contribution in [1.82, 2.24) is 14.5 Å². The lowest BCUT2D eigenvalue weighted by Crippen LogP contribution is -1.94. The van der Waals surface area contributed by atoms with Gasteiger partial charge in [0.2, 0.25) is 0 Å². The summed E-state index contributed by atoms with van der Waals surface area (Å²) in [4.78, 5) is 9.33. The van der Waals surface area contributed by atoms with Gasteiger partial charge >= 0.3 is 0 Å². The first-order valence-electron chi connectivity index (χ1n) is 16.8. The van der Waals surface area contributed by atoms with E-state index in [2.05, 4.69) is 179 Å². The van der Waals surface area contributed by atoms with Crippen molar-refractivity contribution in [2.24, 2.45) is 0 Å². The van der Waals surface area contributed by atoms with E-state index in [-0.39, 0.29) is 0 Å². The predicted molar refractivity (Wildman–Crippen MR) is 211 cm³/mol. The zero-order chi connectivity index (χ0) is 33.0. The average Bonchev–Trinajstić information content (AvgIpc) is 3.74. The summed E-state index contributed by atoms with van der Waals surface area (Å²) in [5, 5.41) is 3.68. The van der Waals surface area contributed by atoms with Crippen molar-refractivity contribution < 1.29 is 0 Å². The third kappa shape index (κ3) is 4.73. The second-order valence-corrected chi connectivity index (χ2v) is 13.7. The number of hydrogen-bond donors (Lipinski definition) is 0. The van der Waals surface area contributed by atoms with Gasteiger partial charge in [0.15, 0.2) is 0 Å². The third-order valence-corrected chi connectivity index (χ3v) is 10.9. The SMILES string of the molecule is c1ccc(-c2ccc3c(c2)c2cc(-c4ccccc4)ccc2n3-c2ccc(-c3ccc(-c4ncnc5c4sc4ccccc45)cc3)cc2)cc1. The quantitative estimate of drug-likeness (QED) is 0.185. The van der Waals surface area contributed by atoms with Gasteiger partial charge in [0.05, 0.1) is 26.9 Å². The monoisotopic (exact) mass is 655 g/mol. The van der Waals surface area contributed by atoms with Crippen LogP contribution in [0.3, 0.4) is 0 Å². The van der Waals surface area contributed by atoms with Crippen LogP contribution in [0.4, 0.5) is 0 Å². The molecule has 0 aliphatic rings. The summed E-state index contributed by atoms with van der Waals surface area (Å²) in [6, 6.07) is 61.1. The Hall–Kier alpha value is -6.36. The molecule has 3 nitrogen and oxygen atoms in total. The van der Waals surface area contributed by atoms with Crippen molar-refractivity contribution in [2.75, 3.05) is 0 Å². The molecule has 7 aromatic carbocycles. The Labute approximate surface area is 293 Å². The van der Waals surface area contributed by atoms with Crippen LogP contribution < -0.4 is 0 Å². The fourth-order valence-electron chi connectivity index (χ4n) is 7.27. The van der Waals surface area contributed by atoms with Crippen LogP contribution in [0.1, 0.15) is 0 Å². The van der Waals surface area contributed by atoms with Crippen LogP contribution in [-0.4, -0.2) is 14.5 Å². The van der Waals surface area contributed by atoms with E-state index >= 15 is 0 Å². The van der Waals surface area contributed by atoms with E-state index in [1.54, 1.807) is 17.7 Å². The molecule has 0 unspecified atom stereocenters. The van der Waals surface area contributed by atoms with Crippen molar-refractivity contribution in [3.05, 3.63) is 176 Å². The first-order chi connectivity index (χ1) is 24.8. The molecule has 0 spiro atoms.